The molecular formula is C21H19F4N7O2. The highest BCUT2D eigenvalue weighted by atomic mass is 19.4. The van der Waals surface area contributed by atoms with Crippen LogP contribution in [0, 0.1) is 17.1 Å². The van der Waals surface area contributed by atoms with E-state index in [4.69, 9.17) is 10.00 Å². The number of carbonyl (C=O) groups excluding carboxylic acids is 1. The molecule has 1 atom stereocenters. The molecule has 1 aliphatic heterocycles. The van der Waals surface area contributed by atoms with Gasteiger partial charge in [0.2, 0.25) is 11.8 Å². The number of rotatable bonds is 5. The first kappa shape index (κ1) is 23.2. The largest absolute Gasteiger partial charge is 0.480 e. The number of carbonyl (C=O) groups is 1. The number of hydrogen-bond acceptors (Lipinski definition) is 7. The minimum absolute atomic E-state index is 0.111. The SMILES string of the molecule is COc1nc(-c2cnc3ccc(F)cn23)nc(NC2CCCN(C(=O)CC#N)C2)c1C(F)(F)F. The molecule has 1 N–H and O–H groups in total. The van der Waals surface area contributed by atoms with Crippen LogP contribution in [0.5, 0.6) is 5.88 Å². The average molecular weight is 477 g/mol. The van der Waals surface area contributed by atoms with E-state index in [1.165, 1.54) is 27.6 Å². The Kier molecular flexibility index (Phi) is 6.23. The van der Waals surface area contributed by atoms with Crippen LogP contribution in [0.2, 0.25) is 0 Å². The number of amides is 1. The fourth-order valence-corrected chi connectivity index (χ4v) is 3.88. The van der Waals surface area contributed by atoms with Crippen molar-refractivity contribution in [3.63, 3.8) is 0 Å². The first-order valence-corrected chi connectivity index (χ1v) is 10.3. The Hall–Kier alpha value is -3.95. The number of ether oxygens (including phenoxy) is 1. The topological polar surface area (TPSA) is 108 Å². The smallest absolute Gasteiger partial charge is 0.425 e. The summed E-state index contributed by atoms with van der Waals surface area (Å²) >= 11 is 0. The van der Waals surface area contributed by atoms with Crippen molar-refractivity contribution in [1.82, 2.24) is 24.3 Å². The number of likely N-dealkylation sites (tertiary alicyclic amines) is 1. The van der Waals surface area contributed by atoms with Crippen molar-refractivity contribution in [2.45, 2.75) is 31.5 Å². The maximum absolute atomic E-state index is 14.0. The summed E-state index contributed by atoms with van der Waals surface area (Å²) in [5, 5.41) is 11.6. The van der Waals surface area contributed by atoms with Gasteiger partial charge < -0.3 is 15.0 Å². The summed E-state index contributed by atoms with van der Waals surface area (Å²) in [4.78, 5) is 25.7. The van der Waals surface area contributed by atoms with Gasteiger partial charge in [0, 0.05) is 25.3 Å². The lowest BCUT2D eigenvalue weighted by Crippen LogP contribution is -2.45. The van der Waals surface area contributed by atoms with Crippen LogP contribution >= 0.6 is 0 Å². The molecule has 0 aromatic carbocycles. The number of nitrogens with one attached hydrogen (secondary N) is 1. The van der Waals surface area contributed by atoms with Crippen LogP contribution in [0.25, 0.3) is 17.2 Å². The monoisotopic (exact) mass is 477 g/mol. The highest BCUT2D eigenvalue weighted by Gasteiger charge is 2.41. The van der Waals surface area contributed by atoms with E-state index < -0.39 is 41.2 Å². The van der Waals surface area contributed by atoms with Crippen molar-refractivity contribution < 1.29 is 27.1 Å². The van der Waals surface area contributed by atoms with Crippen LogP contribution in [0.15, 0.2) is 24.5 Å². The molecule has 1 aliphatic rings. The third-order valence-corrected chi connectivity index (χ3v) is 5.40. The maximum atomic E-state index is 14.0. The number of imidazole rings is 1. The Balaban J connectivity index is 1.76. The molecule has 4 heterocycles. The van der Waals surface area contributed by atoms with Gasteiger partial charge in [0.1, 0.15) is 29.4 Å². The molecule has 0 radical (unpaired) electrons. The molecule has 3 aromatic heterocycles. The minimum atomic E-state index is -4.84. The van der Waals surface area contributed by atoms with E-state index in [9.17, 15) is 22.4 Å². The van der Waals surface area contributed by atoms with E-state index in [1.54, 1.807) is 6.07 Å². The fraction of sp³-hybridized carbons (Fsp3) is 0.381. The Morgan fingerprint density at radius 3 is 2.85 bits per heavy atom. The van der Waals surface area contributed by atoms with Crippen LogP contribution in [-0.2, 0) is 11.0 Å². The predicted octanol–water partition coefficient (Wildman–Crippen LogP) is 3.27. The summed E-state index contributed by atoms with van der Waals surface area (Å²) < 4.78 is 62.0. The van der Waals surface area contributed by atoms with Crippen molar-refractivity contribution in [1.29, 1.82) is 5.26 Å². The zero-order valence-electron chi connectivity index (χ0n) is 17.9. The van der Waals surface area contributed by atoms with Gasteiger partial charge in [-0.3, -0.25) is 9.20 Å². The lowest BCUT2D eigenvalue weighted by atomic mass is 10.0. The number of methoxy groups -OCH3 is 1. The number of anilines is 1. The molecule has 0 aliphatic carbocycles. The molecule has 34 heavy (non-hydrogen) atoms. The normalized spacial score (nSPS) is 16.4. The predicted molar refractivity (Wildman–Crippen MR) is 111 cm³/mol. The molecule has 3 aromatic rings. The van der Waals surface area contributed by atoms with Gasteiger partial charge in [-0.25, -0.2) is 14.4 Å². The zero-order chi connectivity index (χ0) is 24.5. The van der Waals surface area contributed by atoms with Crippen molar-refractivity contribution in [3.8, 4) is 23.5 Å². The van der Waals surface area contributed by atoms with Crippen molar-refractivity contribution in [2.75, 3.05) is 25.5 Å². The van der Waals surface area contributed by atoms with Crippen LogP contribution in [-0.4, -0.2) is 56.4 Å². The average Bonchev–Trinajstić information content (AvgIpc) is 3.21. The second kappa shape index (κ2) is 9.12. The van der Waals surface area contributed by atoms with E-state index in [0.717, 1.165) is 13.3 Å². The van der Waals surface area contributed by atoms with Crippen molar-refractivity contribution in [2.24, 2.45) is 0 Å². The Morgan fingerprint density at radius 2 is 2.15 bits per heavy atom. The number of alkyl halides is 3. The van der Waals surface area contributed by atoms with Gasteiger partial charge in [-0.05, 0) is 25.0 Å². The number of hydrogen-bond donors (Lipinski definition) is 1. The Morgan fingerprint density at radius 1 is 1.35 bits per heavy atom. The van der Waals surface area contributed by atoms with Gasteiger partial charge in [0.25, 0.3) is 0 Å². The summed E-state index contributed by atoms with van der Waals surface area (Å²) in [5.74, 6) is -2.36. The van der Waals surface area contributed by atoms with Gasteiger partial charge in [0.05, 0.1) is 19.4 Å². The van der Waals surface area contributed by atoms with Gasteiger partial charge in [-0.15, -0.1) is 0 Å². The summed E-state index contributed by atoms with van der Waals surface area (Å²) in [6.07, 6.45) is -1.69. The van der Waals surface area contributed by atoms with E-state index in [-0.39, 0.29) is 24.5 Å². The third-order valence-electron chi connectivity index (χ3n) is 5.40. The molecule has 4 rings (SSSR count). The second-order valence-electron chi connectivity index (χ2n) is 7.65. The fourth-order valence-electron chi connectivity index (χ4n) is 3.88. The van der Waals surface area contributed by atoms with Gasteiger partial charge in [-0.1, -0.05) is 0 Å². The van der Waals surface area contributed by atoms with Crippen molar-refractivity contribution in [3.05, 3.63) is 35.9 Å². The highest BCUT2D eigenvalue weighted by molar-refractivity contribution is 5.78. The molecule has 13 heteroatoms. The van der Waals surface area contributed by atoms with Crippen LogP contribution in [0.1, 0.15) is 24.8 Å². The van der Waals surface area contributed by atoms with Gasteiger partial charge in [0.15, 0.2) is 11.4 Å². The Bertz CT molecular complexity index is 1270. The van der Waals surface area contributed by atoms with Crippen LogP contribution in [0.4, 0.5) is 23.4 Å². The van der Waals surface area contributed by atoms with E-state index in [2.05, 4.69) is 20.3 Å². The zero-order valence-corrected chi connectivity index (χ0v) is 17.9. The molecule has 0 spiro atoms. The number of nitriles is 1. The first-order chi connectivity index (χ1) is 16.2. The highest BCUT2D eigenvalue weighted by Crippen LogP contribution is 2.41. The minimum Gasteiger partial charge on any atom is -0.480 e. The molecule has 1 fully saturated rings. The quantitative estimate of drug-likeness (QED) is 0.562. The van der Waals surface area contributed by atoms with Gasteiger partial charge >= 0.3 is 6.18 Å². The molecule has 1 saturated heterocycles. The lowest BCUT2D eigenvalue weighted by Gasteiger charge is -2.33. The molecule has 0 saturated carbocycles. The summed E-state index contributed by atoms with van der Waals surface area (Å²) in [5.41, 5.74) is -0.675. The first-order valence-electron chi connectivity index (χ1n) is 10.3. The standard InChI is InChI=1S/C21H19F4N7O2/c1-34-20-17(21(23,24)25)19(28-13-3-2-8-31(11-13)16(33)6-7-26)29-18(30-20)14-9-27-15-5-4-12(22)10-32(14)15/h4-5,9-10,13H,2-3,6,8,11H2,1H3,(H,28,29,30). The van der Waals surface area contributed by atoms with Crippen LogP contribution in [0.3, 0.4) is 0 Å². The molecule has 0 bridgehead atoms. The number of nitrogens with zero attached hydrogens (tertiary/aromatic N) is 6. The van der Waals surface area contributed by atoms with E-state index in [1.807, 2.05) is 0 Å². The molecule has 1 unspecified atom stereocenters. The molecule has 178 valence electrons. The number of halogens is 4. The molecular weight excluding hydrogens is 458 g/mol. The summed E-state index contributed by atoms with van der Waals surface area (Å²) in [6, 6.07) is 3.85. The molecule has 1 amide bonds. The lowest BCUT2D eigenvalue weighted by molar-refractivity contribution is -0.138. The van der Waals surface area contributed by atoms with E-state index >= 15 is 0 Å². The molecule has 9 nitrogen and oxygen atoms in total. The number of piperidine rings is 1. The number of pyridine rings is 1. The summed E-state index contributed by atoms with van der Waals surface area (Å²) in [7, 11) is 1.06. The summed E-state index contributed by atoms with van der Waals surface area (Å²) in [6.45, 7) is 0.525. The number of aromatic nitrogens is 4. The second-order valence-corrected chi connectivity index (χ2v) is 7.65. The Labute approximate surface area is 191 Å². The van der Waals surface area contributed by atoms with Gasteiger partial charge in [-0.2, -0.15) is 23.4 Å². The maximum Gasteiger partial charge on any atom is 0.425 e. The number of fused-ring (bicyclic) bond motifs is 1. The third kappa shape index (κ3) is 4.57. The van der Waals surface area contributed by atoms with Crippen molar-refractivity contribution >= 4 is 17.4 Å². The van der Waals surface area contributed by atoms with E-state index in [0.29, 0.717) is 25.0 Å². The van der Waals surface area contributed by atoms with Crippen LogP contribution < -0.4 is 10.1 Å².